The zero-order valence-corrected chi connectivity index (χ0v) is 9.60. The summed E-state index contributed by atoms with van der Waals surface area (Å²) in [7, 11) is 1.68. The lowest BCUT2D eigenvalue weighted by Gasteiger charge is -1.87. The van der Waals surface area contributed by atoms with Crippen LogP contribution in [0.5, 0.6) is 0 Å². The molecule has 0 aliphatic heterocycles. The molecule has 0 bridgehead atoms. The summed E-state index contributed by atoms with van der Waals surface area (Å²) in [5, 5.41) is 10.2. The van der Waals surface area contributed by atoms with Crippen LogP contribution in [0.4, 0.5) is 0 Å². The lowest BCUT2D eigenvalue weighted by atomic mass is 10.3. The van der Waals surface area contributed by atoms with Crippen LogP contribution in [0.3, 0.4) is 0 Å². The van der Waals surface area contributed by atoms with E-state index in [0.29, 0.717) is 6.42 Å². The number of allylic oxidation sites excluding steroid dienone is 4. The highest BCUT2D eigenvalue weighted by Crippen LogP contribution is 1.98. The average molecular weight is 213 g/mol. The summed E-state index contributed by atoms with van der Waals surface area (Å²) in [5.74, 6) is 0. The van der Waals surface area contributed by atoms with E-state index in [9.17, 15) is 10.1 Å². The van der Waals surface area contributed by atoms with E-state index in [1.807, 2.05) is 26.0 Å². The number of methoxy groups -OCH3 is 1. The summed E-state index contributed by atoms with van der Waals surface area (Å²) in [6.07, 6.45) is 7.03. The Kier molecular flexibility index (Phi) is 13.4. The van der Waals surface area contributed by atoms with E-state index in [-0.39, 0.29) is 5.70 Å². The van der Waals surface area contributed by atoms with Crippen molar-refractivity contribution in [1.29, 1.82) is 0 Å². The molecule has 0 aliphatic rings. The summed E-state index contributed by atoms with van der Waals surface area (Å²) in [6.45, 7) is 7.97. The monoisotopic (exact) mass is 213 g/mol. The molecule has 0 atom stereocenters. The summed E-state index contributed by atoms with van der Waals surface area (Å²) in [4.78, 5) is 9.72. The first-order valence-corrected chi connectivity index (χ1v) is 4.71. The molecule has 0 N–H and O–H groups in total. The van der Waals surface area contributed by atoms with Gasteiger partial charge in [0.2, 0.25) is 0 Å². The Morgan fingerprint density at radius 1 is 1.60 bits per heavy atom. The van der Waals surface area contributed by atoms with E-state index in [4.69, 9.17) is 0 Å². The van der Waals surface area contributed by atoms with E-state index in [0.717, 1.165) is 6.61 Å². The van der Waals surface area contributed by atoms with E-state index in [1.54, 1.807) is 7.11 Å². The maximum atomic E-state index is 10.2. The third kappa shape index (κ3) is 12.6. The zero-order chi connectivity index (χ0) is 12.1. The fraction of sp³-hybridized carbons (Fsp3) is 0.455. The molecule has 86 valence electrons. The van der Waals surface area contributed by atoms with Crippen LogP contribution in [0, 0.1) is 10.1 Å². The van der Waals surface area contributed by atoms with Crippen LogP contribution < -0.4 is 0 Å². The van der Waals surface area contributed by atoms with E-state index in [1.165, 1.54) is 12.2 Å². The largest absolute Gasteiger partial charge is 0.385 e. The molecule has 0 heterocycles. The van der Waals surface area contributed by atoms with Gasteiger partial charge in [-0.25, -0.2) is 0 Å². The van der Waals surface area contributed by atoms with Gasteiger partial charge in [0.25, 0.3) is 5.70 Å². The van der Waals surface area contributed by atoms with Gasteiger partial charge < -0.3 is 4.74 Å². The van der Waals surface area contributed by atoms with Gasteiger partial charge in [0, 0.05) is 19.8 Å². The fourth-order valence-electron chi connectivity index (χ4n) is 0.557. The topological polar surface area (TPSA) is 52.4 Å². The van der Waals surface area contributed by atoms with Crippen molar-refractivity contribution >= 4 is 0 Å². The second-order valence-electron chi connectivity index (χ2n) is 2.47. The van der Waals surface area contributed by atoms with Crippen LogP contribution >= 0.6 is 0 Å². The minimum atomic E-state index is -0.448. The van der Waals surface area contributed by atoms with Gasteiger partial charge in [0.1, 0.15) is 0 Å². The molecule has 15 heavy (non-hydrogen) atoms. The SMILES string of the molecule is C=C/C(=C\C/C=C\C)[N+](=O)[O-].CCOC. The van der Waals surface area contributed by atoms with Crippen LogP contribution in [0.25, 0.3) is 0 Å². The number of nitrogens with zero attached hydrogens (tertiary/aromatic N) is 1. The third-order valence-electron chi connectivity index (χ3n) is 1.41. The van der Waals surface area contributed by atoms with Crippen molar-refractivity contribution in [2.45, 2.75) is 20.3 Å². The lowest BCUT2D eigenvalue weighted by Crippen LogP contribution is -1.93. The predicted octanol–water partition coefficient (Wildman–Crippen LogP) is 2.95. The fourth-order valence-corrected chi connectivity index (χ4v) is 0.557. The Morgan fingerprint density at radius 3 is 2.40 bits per heavy atom. The Bertz CT molecular complexity index is 230. The molecule has 0 aromatic carbocycles. The van der Waals surface area contributed by atoms with Crippen molar-refractivity contribution in [3.8, 4) is 0 Å². The van der Waals surface area contributed by atoms with Crippen LogP contribution in [0.1, 0.15) is 20.3 Å². The van der Waals surface area contributed by atoms with Gasteiger partial charge in [-0.15, -0.1) is 0 Å². The van der Waals surface area contributed by atoms with Crippen LogP contribution in [-0.4, -0.2) is 18.6 Å². The molecule has 0 spiro atoms. The highest BCUT2D eigenvalue weighted by Gasteiger charge is 2.00. The molecule has 0 aromatic rings. The lowest BCUT2D eigenvalue weighted by molar-refractivity contribution is -0.419. The Hall–Kier alpha value is -1.42. The average Bonchev–Trinajstić information content (AvgIpc) is 2.24. The standard InChI is InChI=1S/C8H11NO2.C3H8O/c1-3-5-6-7-8(4-2)9(10)11;1-3-4-2/h3-5,7H,2,6H2,1H3;3H2,1-2H3/b5-3-,8-7+;. The predicted molar refractivity (Wildman–Crippen MR) is 62.3 cm³/mol. The van der Waals surface area contributed by atoms with Crippen molar-refractivity contribution in [2.24, 2.45) is 0 Å². The smallest absolute Gasteiger partial charge is 0.265 e. The number of ether oxygens (including phenoxy) is 1. The van der Waals surface area contributed by atoms with Crippen molar-refractivity contribution in [3.05, 3.63) is 46.7 Å². The first-order chi connectivity index (χ1) is 7.13. The molecule has 0 saturated heterocycles. The normalized spacial score (nSPS) is 10.7. The Balaban J connectivity index is 0. The van der Waals surface area contributed by atoms with Gasteiger partial charge in [0.15, 0.2) is 0 Å². The molecule has 0 rings (SSSR count). The third-order valence-corrected chi connectivity index (χ3v) is 1.41. The molecule has 0 amide bonds. The van der Waals surface area contributed by atoms with Crippen molar-refractivity contribution < 1.29 is 9.66 Å². The van der Waals surface area contributed by atoms with Crippen molar-refractivity contribution in [2.75, 3.05) is 13.7 Å². The molecule has 0 radical (unpaired) electrons. The van der Waals surface area contributed by atoms with Crippen LogP contribution in [0.15, 0.2) is 36.6 Å². The van der Waals surface area contributed by atoms with Crippen LogP contribution in [0.2, 0.25) is 0 Å². The van der Waals surface area contributed by atoms with Crippen LogP contribution in [-0.2, 0) is 4.74 Å². The molecular formula is C11H19NO3. The molecule has 0 unspecified atom stereocenters. The Morgan fingerprint density at radius 2 is 2.13 bits per heavy atom. The second-order valence-corrected chi connectivity index (χ2v) is 2.47. The molecule has 0 aromatic heterocycles. The number of hydrogen-bond donors (Lipinski definition) is 0. The zero-order valence-electron chi connectivity index (χ0n) is 9.60. The van der Waals surface area contributed by atoms with E-state index >= 15 is 0 Å². The molecule has 4 heteroatoms. The van der Waals surface area contributed by atoms with E-state index in [2.05, 4.69) is 11.3 Å². The summed E-state index contributed by atoms with van der Waals surface area (Å²) >= 11 is 0. The highest BCUT2D eigenvalue weighted by atomic mass is 16.6. The number of nitro groups is 1. The number of hydrogen-bond acceptors (Lipinski definition) is 3. The highest BCUT2D eigenvalue weighted by molar-refractivity contribution is 5.08. The molecule has 0 aliphatic carbocycles. The summed E-state index contributed by atoms with van der Waals surface area (Å²) in [5.41, 5.74) is 0.0584. The molecule has 0 saturated carbocycles. The minimum absolute atomic E-state index is 0.0584. The minimum Gasteiger partial charge on any atom is -0.385 e. The van der Waals surface area contributed by atoms with Crippen molar-refractivity contribution in [3.63, 3.8) is 0 Å². The molecular weight excluding hydrogens is 194 g/mol. The summed E-state index contributed by atoms with van der Waals surface area (Å²) in [6, 6.07) is 0. The van der Waals surface area contributed by atoms with Crippen molar-refractivity contribution in [1.82, 2.24) is 0 Å². The van der Waals surface area contributed by atoms with Gasteiger partial charge >= 0.3 is 0 Å². The molecule has 0 fully saturated rings. The van der Waals surface area contributed by atoms with Gasteiger partial charge in [-0.1, -0.05) is 18.7 Å². The van der Waals surface area contributed by atoms with Gasteiger partial charge in [-0.3, -0.25) is 10.1 Å². The maximum Gasteiger partial charge on any atom is 0.265 e. The first-order valence-electron chi connectivity index (χ1n) is 4.71. The van der Waals surface area contributed by atoms with E-state index < -0.39 is 4.92 Å². The number of rotatable bonds is 5. The van der Waals surface area contributed by atoms with Gasteiger partial charge in [-0.2, -0.15) is 0 Å². The molecule has 4 nitrogen and oxygen atoms in total. The van der Waals surface area contributed by atoms with Gasteiger partial charge in [0.05, 0.1) is 4.92 Å². The quantitative estimate of drug-likeness (QED) is 0.305. The van der Waals surface area contributed by atoms with Gasteiger partial charge in [-0.05, 0) is 26.3 Å². The first kappa shape index (κ1) is 16.0. The second kappa shape index (κ2) is 12.6. The Labute approximate surface area is 91.1 Å². The summed E-state index contributed by atoms with van der Waals surface area (Å²) < 4.78 is 4.54. The maximum absolute atomic E-state index is 10.2.